The lowest BCUT2D eigenvalue weighted by Crippen LogP contribution is -2.46. The van der Waals surface area contributed by atoms with Crippen molar-refractivity contribution in [2.45, 2.75) is 44.5 Å². The maximum atomic E-state index is 11.3. The van der Waals surface area contributed by atoms with E-state index in [1.54, 1.807) is 6.92 Å². The van der Waals surface area contributed by atoms with Crippen LogP contribution in [0.3, 0.4) is 0 Å². The summed E-state index contributed by atoms with van der Waals surface area (Å²) in [6.45, 7) is 1.76. The molecule has 4 nitrogen and oxygen atoms in total. The molecule has 0 heterocycles. The third kappa shape index (κ3) is 2.27. The maximum absolute atomic E-state index is 11.3. The molecule has 0 radical (unpaired) electrons. The summed E-state index contributed by atoms with van der Waals surface area (Å²) >= 11 is 0. The highest BCUT2D eigenvalue weighted by Gasteiger charge is 2.36. The predicted molar refractivity (Wildman–Crippen MR) is 46.0 cm³/mol. The third-order valence-corrected chi connectivity index (χ3v) is 2.64. The SMILES string of the molecule is CCC(=O)C1CC(O)C(O)C(O)C1. The van der Waals surface area contributed by atoms with Gasteiger partial charge in [-0.3, -0.25) is 4.79 Å². The van der Waals surface area contributed by atoms with Crippen LogP contribution in [0.25, 0.3) is 0 Å². The minimum atomic E-state index is -1.10. The van der Waals surface area contributed by atoms with E-state index in [4.69, 9.17) is 0 Å². The molecule has 1 fully saturated rings. The first-order valence-electron chi connectivity index (χ1n) is 4.63. The maximum Gasteiger partial charge on any atom is 0.135 e. The molecule has 0 saturated heterocycles. The number of hydrogen-bond donors (Lipinski definition) is 3. The van der Waals surface area contributed by atoms with Crippen LogP contribution < -0.4 is 0 Å². The second-order valence-corrected chi connectivity index (χ2v) is 3.61. The fourth-order valence-corrected chi connectivity index (χ4v) is 1.77. The van der Waals surface area contributed by atoms with Gasteiger partial charge < -0.3 is 15.3 Å². The summed E-state index contributed by atoms with van der Waals surface area (Å²) in [5.74, 6) is -0.247. The number of aliphatic hydroxyl groups excluding tert-OH is 3. The van der Waals surface area contributed by atoms with Crippen LogP contribution in [0.15, 0.2) is 0 Å². The number of Topliss-reactive ketones (excluding diaryl/α,β-unsaturated/α-hetero) is 1. The minimum Gasteiger partial charge on any atom is -0.390 e. The summed E-state index contributed by atoms with van der Waals surface area (Å²) < 4.78 is 0. The van der Waals surface area contributed by atoms with E-state index >= 15 is 0 Å². The largest absolute Gasteiger partial charge is 0.390 e. The van der Waals surface area contributed by atoms with Gasteiger partial charge in [-0.1, -0.05) is 6.92 Å². The topological polar surface area (TPSA) is 77.8 Å². The van der Waals surface area contributed by atoms with Crippen LogP contribution in [0.5, 0.6) is 0 Å². The average Bonchev–Trinajstić information content (AvgIpc) is 2.12. The normalized spacial score (nSPS) is 40.3. The molecule has 1 aliphatic rings. The summed E-state index contributed by atoms with van der Waals surface area (Å²) in [7, 11) is 0. The van der Waals surface area contributed by atoms with Gasteiger partial charge in [-0.05, 0) is 12.8 Å². The van der Waals surface area contributed by atoms with Crippen LogP contribution in [0, 0.1) is 5.92 Å². The number of aliphatic hydroxyl groups is 3. The van der Waals surface area contributed by atoms with Crippen molar-refractivity contribution < 1.29 is 20.1 Å². The van der Waals surface area contributed by atoms with E-state index < -0.39 is 18.3 Å². The molecule has 2 atom stereocenters. The first kappa shape index (κ1) is 10.6. The van der Waals surface area contributed by atoms with Gasteiger partial charge >= 0.3 is 0 Å². The van der Waals surface area contributed by atoms with Crippen LogP contribution in [-0.2, 0) is 4.79 Å². The monoisotopic (exact) mass is 188 g/mol. The summed E-state index contributed by atoms with van der Waals surface area (Å²) in [6, 6.07) is 0. The fraction of sp³-hybridized carbons (Fsp3) is 0.889. The zero-order valence-electron chi connectivity index (χ0n) is 7.68. The molecule has 1 rings (SSSR count). The Kier molecular flexibility index (Phi) is 3.41. The van der Waals surface area contributed by atoms with E-state index in [0.717, 1.165) is 0 Å². The summed E-state index contributed by atoms with van der Waals surface area (Å²) in [5, 5.41) is 27.8. The molecule has 1 saturated carbocycles. The van der Waals surface area contributed by atoms with Crippen molar-refractivity contribution in [2.24, 2.45) is 5.92 Å². The number of rotatable bonds is 2. The molecule has 0 aromatic carbocycles. The summed E-state index contributed by atoms with van der Waals surface area (Å²) in [4.78, 5) is 11.3. The highest BCUT2D eigenvalue weighted by molar-refractivity contribution is 5.80. The Labute approximate surface area is 77.2 Å². The second-order valence-electron chi connectivity index (χ2n) is 3.61. The van der Waals surface area contributed by atoms with E-state index in [-0.39, 0.29) is 24.5 Å². The van der Waals surface area contributed by atoms with Gasteiger partial charge in [0.1, 0.15) is 11.9 Å². The molecule has 76 valence electrons. The van der Waals surface area contributed by atoms with E-state index in [0.29, 0.717) is 6.42 Å². The van der Waals surface area contributed by atoms with Crippen molar-refractivity contribution >= 4 is 5.78 Å². The van der Waals surface area contributed by atoms with Crippen LogP contribution in [-0.4, -0.2) is 39.4 Å². The van der Waals surface area contributed by atoms with Crippen molar-refractivity contribution in [3.05, 3.63) is 0 Å². The molecular formula is C9H16O4. The molecule has 2 unspecified atom stereocenters. The molecule has 13 heavy (non-hydrogen) atoms. The molecule has 4 heteroatoms. The molecule has 0 aromatic heterocycles. The van der Waals surface area contributed by atoms with Crippen LogP contribution in [0.1, 0.15) is 26.2 Å². The lowest BCUT2D eigenvalue weighted by Gasteiger charge is -2.33. The molecule has 0 bridgehead atoms. The van der Waals surface area contributed by atoms with Crippen LogP contribution in [0.4, 0.5) is 0 Å². The molecule has 1 aliphatic carbocycles. The quantitative estimate of drug-likeness (QED) is 0.544. The number of hydrogen-bond acceptors (Lipinski definition) is 4. The zero-order valence-corrected chi connectivity index (χ0v) is 7.68. The Bertz CT molecular complexity index is 180. The first-order chi connectivity index (χ1) is 6.06. The van der Waals surface area contributed by atoms with Crippen molar-refractivity contribution in [3.8, 4) is 0 Å². The van der Waals surface area contributed by atoms with E-state index in [9.17, 15) is 20.1 Å². The number of carbonyl (C=O) groups is 1. The number of carbonyl (C=O) groups excluding carboxylic acids is 1. The van der Waals surface area contributed by atoms with E-state index in [1.165, 1.54) is 0 Å². The van der Waals surface area contributed by atoms with Gasteiger partial charge in [-0.15, -0.1) is 0 Å². The van der Waals surface area contributed by atoms with Gasteiger partial charge in [-0.25, -0.2) is 0 Å². The Morgan fingerprint density at radius 2 is 1.69 bits per heavy atom. The molecule has 0 aliphatic heterocycles. The Hall–Kier alpha value is -0.450. The highest BCUT2D eigenvalue weighted by atomic mass is 16.4. The predicted octanol–water partition coefficient (Wildman–Crippen LogP) is -0.542. The number of ketones is 1. The lowest BCUT2D eigenvalue weighted by molar-refractivity contribution is -0.135. The lowest BCUT2D eigenvalue weighted by atomic mass is 9.80. The highest BCUT2D eigenvalue weighted by Crippen LogP contribution is 2.26. The van der Waals surface area contributed by atoms with Gasteiger partial charge in [0.15, 0.2) is 0 Å². The van der Waals surface area contributed by atoms with Gasteiger partial charge in [0.05, 0.1) is 12.2 Å². The van der Waals surface area contributed by atoms with Gasteiger partial charge in [0.25, 0.3) is 0 Å². The van der Waals surface area contributed by atoms with Crippen molar-refractivity contribution in [1.82, 2.24) is 0 Å². The molecule has 3 N–H and O–H groups in total. The van der Waals surface area contributed by atoms with E-state index in [1.807, 2.05) is 0 Å². The van der Waals surface area contributed by atoms with Crippen molar-refractivity contribution in [3.63, 3.8) is 0 Å². The van der Waals surface area contributed by atoms with Gasteiger partial charge in [-0.2, -0.15) is 0 Å². The molecule has 0 spiro atoms. The zero-order chi connectivity index (χ0) is 10.0. The van der Waals surface area contributed by atoms with Gasteiger partial charge in [0, 0.05) is 12.3 Å². The standard InChI is InChI=1S/C9H16O4/c1-2-6(10)5-3-7(11)9(13)8(12)4-5/h5,7-9,11-13H,2-4H2,1H3. The Balaban J connectivity index is 2.58. The summed E-state index contributed by atoms with van der Waals surface area (Å²) in [6.07, 6.45) is -2.08. The Morgan fingerprint density at radius 1 is 1.23 bits per heavy atom. The molecule has 0 aromatic rings. The van der Waals surface area contributed by atoms with Crippen LogP contribution in [0.2, 0.25) is 0 Å². The van der Waals surface area contributed by atoms with Gasteiger partial charge in [0.2, 0.25) is 0 Å². The Morgan fingerprint density at radius 3 is 2.08 bits per heavy atom. The fourth-order valence-electron chi connectivity index (χ4n) is 1.77. The smallest absolute Gasteiger partial charge is 0.135 e. The molecule has 0 amide bonds. The third-order valence-electron chi connectivity index (χ3n) is 2.64. The van der Waals surface area contributed by atoms with Crippen molar-refractivity contribution in [2.75, 3.05) is 0 Å². The minimum absolute atomic E-state index is 0.0463. The summed E-state index contributed by atoms with van der Waals surface area (Å²) in [5.41, 5.74) is 0. The molecular weight excluding hydrogens is 172 g/mol. The van der Waals surface area contributed by atoms with E-state index in [2.05, 4.69) is 0 Å². The first-order valence-corrected chi connectivity index (χ1v) is 4.63. The van der Waals surface area contributed by atoms with Crippen LogP contribution >= 0.6 is 0 Å². The van der Waals surface area contributed by atoms with Crippen molar-refractivity contribution in [1.29, 1.82) is 0 Å². The average molecular weight is 188 g/mol. The second kappa shape index (κ2) is 4.17.